The Labute approximate surface area is 166 Å². The van der Waals surface area contributed by atoms with Gasteiger partial charge in [0, 0.05) is 5.39 Å². The number of anilines is 2. The van der Waals surface area contributed by atoms with Crippen molar-refractivity contribution in [3.05, 3.63) is 35.4 Å². The van der Waals surface area contributed by atoms with E-state index in [1.807, 2.05) is 0 Å². The molecule has 0 radical (unpaired) electrons. The number of hydrogen-bond acceptors (Lipinski definition) is 2. The summed E-state index contributed by atoms with van der Waals surface area (Å²) in [5, 5.41) is 2.43. The van der Waals surface area contributed by atoms with Crippen LogP contribution in [0.15, 0.2) is 24.3 Å². The molecule has 2 rings (SSSR count). The third-order valence-corrected chi connectivity index (χ3v) is 5.79. The van der Waals surface area contributed by atoms with Crippen molar-refractivity contribution in [2.24, 2.45) is 11.8 Å². The SMILES string of the molecule is CCCCC(CCC(C)C)c1cc2cccc(CCC(C)C)c2c(N)c1N. The smallest absolute Gasteiger partial charge is 0.0633 e. The van der Waals surface area contributed by atoms with E-state index in [2.05, 4.69) is 58.9 Å². The molecular formula is C25H40N2. The number of fused-ring (bicyclic) bond motifs is 1. The molecule has 2 aromatic rings. The van der Waals surface area contributed by atoms with Crippen molar-refractivity contribution in [2.75, 3.05) is 11.5 Å². The lowest BCUT2D eigenvalue weighted by molar-refractivity contribution is 0.471. The summed E-state index contributed by atoms with van der Waals surface area (Å²) in [7, 11) is 0. The molecule has 1 atom stereocenters. The Hall–Kier alpha value is -1.70. The van der Waals surface area contributed by atoms with Crippen LogP contribution in [0, 0.1) is 11.8 Å². The molecular weight excluding hydrogens is 328 g/mol. The minimum Gasteiger partial charge on any atom is -0.397 e. The predicted octanol–water partition coefficient (Wildman–Crippen LogP) is 7.30. The van der Waals surface area contributed by atoms with E-state index in [0.717, 1.165) is 23.7 Å². The van der Waals surface area contributed by atoms with Gasteiger partial charge in [0.05, 0.1) is 11.4 Å². The van der Waals surface area contributed by atoms with Crippen molar-refractivity contribution in [1.29, 1.82) is 0 Å². The van der Waals surface area contributed by atoms with Crippen LogP contribution >= 0.6 is 0 Å². The van der Waals surface area contributed by atoms with Crippen molar-refractivity contribution in [3.8, 4) is 0 Å². The molecule has 2 nitrogen and oxygen atoms in total. The first-order valence-corrected chi connectivity index (χ1v) is 10.9. The number of nitrogen functional groups attached to an aromatic ring is 2. The Kier molecular flexibility index (Phi) is 8.01. The molecule has 0 spiro atoms. The van der Waals surface area contributed by atoms with Crippen LogP contribution in [0.5, 0.6) is 0 Å². The van der Waals surface area contributed by atoms with Crippen LogP contribution in [-0.4, -0.2) is 0 Å². The summed E-state index contributed by atoms with van der Waals surface area (Å²) in [6, 6.07) is 8.92. The molecule has 0 aromatic heterocycles. The molecule has 2 heteroatoms. The number of nitrogens with two attached hydrogens (primary N) is 2. The third kappa shape index (κ3) is 5.64. The van der Waals surface area contributed by atoms with E-state index in [9.17, 15) is 0 Å². The summed E-state index contributed by atoms with van der Waals surface area (Å²) in [5.74, 6) is 1.92. The van der Waals surface area contributed by atoms with Gasteiger partial charge in [0.15, 0.2) is 0 Å². The monoisotopic (exact) mass is 368 g/mol. The maximum atomic E-state index is 6.63. The van der Waals surface area contributed by atoms with Crippen LogP contribution in [0.1, 0.15) is 90.2 Å². The Morgan fingerprint density at radius 2 is 1.56 bits per heavy atom. The Morgan fingerprint density at radius 1 is 0.852 bits per heavy atom. The van der Waals surface area contributed by atoms with Crippen molar-refractivity contribution in [2.45, 2.75) is 85.5 Å². The largest absolute Gasteiger partial charge is 0.397 e. The molecule has 0 heterocycles. The van der Waals surface area contributed by atoms with Crippen molar-refractivity contribution < 1.29 is 0 Å². The van der Waals surface area contributed by atoms with Crippen LogP contribution in [0.4, 0.5) is 11.4 Å². The van der Waals surface area contributed by atoms with Crippen LogP contribution in [0.3, 0.4) is 0 Å². The molecule has 0 fully saturated rings. The van der Waals surface area contributed by atoms with Crippen LogP contribution in [0.25, 0.3) is 10.8 Å². The fraction of sp³-hybridized carbons (Fsp3) is 0.600. The number of aryl methyl sites for hydroxylation is 1. The molecule has 0 amide bonds. The van der Waals surface area contributed by atoms with Crippen molar-refractivity contribution in [1.82, 2.24) is 0 Å². The highest BCUT2D eigenvalue weighted by molar-refractivity contribution is 6.02. The van der Waals surface area contributed by atoms with Gasteiger partial charge < -0.3 is 11.5 Å². The van der Waals surface area contributed by atoms with E-state index >= 15 is 0 Å². The molecule has 1 unspecified atom stereocenters. The van der Waals surface area contributed by atoms with E-state index in [-0.39, 0.29) is 0 Å². The molecule has 27 heavy (non-hydrogen) atoms. The quantitative estimate of drug-likeness (QED) is 0.432. The van der Waals surface area contributed by atoms with E-state index in [0.29, 0.717) is 11.8 Å². The van der Waals surface area contributed by atoms with Gasteiger partial charge in [-0.2, -0.15) is 0 Å². The van der Waals surface area contributed by atoms with E-state index in [1.165, 1.54) is 60.4 Å². The van der Waals surface area contributed by atoms with E-state index < -0.39 is 0 Å². The summed E-state index contributed by atoms with van der Waals surface area (Å²) in [4.78, 5) is 0. The van der Waals surface area contributed by atoms with Crippen molar-refractivity contribution >= 4 is 22.1 Å². The average Bonchev–Trinajstić information content (AvgIpc) is 2.63. The number of benzene rings is 2. The molecule has 0 aliphatic rings. The van der Waals surface area contributed by atoms with Gasteiger partial charge in [-0.05, 0) is 66.0 Å². The molecule has 0 saturated heterocycles. The predicted molar refractivity (Wildman–Crippen MR) is 122 cm³/mol. The lowest BCUT2D eigenvalue weighted by Gasteiger charge is -2.23. The van der Waals surface area contributed by atoms with Gasteiger partial charge in [0.2, 0.25) is 0 Å². The fourth-order valence-corrected chi connectivity index (χ4v) is 4.03. The van der Waals surface area contributed by atoms with Gasteiger partial charge in [-0.1, -0.05) is 72.1 Å². The molecule has 0 aliphatic heterocycles. The zero-order valence-electron chi connectivity index (χ0n) is 18.1. The zero-order chi connectivity index (χ0) is 20.0. The third-order valence-electron chi connectivity index (χ3n) is 5.79. The highest BCUT2D eigenvalue weighted by Crippen LogP contribution is 2.40. The average molecular weight is 369 g/mol. The first-order valence-electron chi connectivity index (χ1n) is 10.9. The lowest BCUT2D eigenvalue weighted by atomic mass is 9.84. The zero-order valence-corrected chi connectivity index (χ0v) is 18.1. The second-order valence-corrected chi connectivity index (χ2v) is 9.05. The number of hydrogen-bond donors (Lipinski definition) is 2. The minimum atomic E-state index is 0.512. The molecule has 0 bridgehead atoms. The standard InChI is InChI=1S/C25H40N2/c1-6-7-9-19(14-12-17(2)3)22-16-21-11-8-10-20(15-13-18(4)5)23(21)25(27)24(22)26/h8,10-11,16-19H,6-7,9,12-15,26-27H2,1-5H3. The topological polar surface area (TPSA) is 52.0 Å². The summed E-state index contributed by atoms with van der Waals surface area (Å²) in [6.45, 7) is 11.4. The lowest BCUT2D eigenvalue weighted by Crippen LogP contribution is -2.08. The Balaban J connectivity index is 2.46. The first kappa shape index (κ1) is 21.6. The Morgan fingerprint density at radius 3 is 2.19 bits per heavy atom. The molecule has 2 aromatic carbocycles. The van der Waals surface area contributed by atoms with Gasteiger partial charge in [-0.15, -0.1) is 0 Å². The van der Waals surface area contributed by atoms with Crippen LogP contribution in [-0.2, 0) is 6.42 Å². The normalized spacial score (nSPS) is 13.0. The first-order chi connectivity index (χ1) is 12.8. The highest BCUT2D eigenvalue weighted by atomic mass is 14.7. The van der Waals surface area contributed by atoms with Gasteiger partial charge in [-0.3, -0.25) is 0 Å². The van der Waals surface area contributed by atoms with Crippen molar-refractivity contribution in [3.63, 3.8) is 0 Å². The van der Waals surface area contributed by atoms with Gasteiger partial charge >= 0.3 is 0 Å². The molecule has 0 aliphatic carbocycles. The second-order valence-electron chi connectivity index (χ2n) is 9.05. The maximum absolute atomic E-state index is 6.63. The van der Waals surface area contributed by atoms with Gasteiger partial charge in [-0.25, -0.2) is 0 Å². The number of unbranched alkanes of at least 4 members (excludes halogenated alkanes) is 1. The van der Waals surface area contributed by atoms with Gasteiger partial charge in [0.1, 0.15) is 0 Å². The second kappa shape index (κ2) is 10.0. The molecule has 0 saturated carbocycles. The summed E-state index contributed by atoms with van der Waals surface area (Å²) >= 11 is 0. The van der Waals surface area contributed by atoms with Crippen LogP contribution < -0.4 is 11.5 Å². The summed E-state index contributed by atoms with van der Waals surface area (Å²) < 4.78 is 0. The number of rotatable bonds is 10. The van der Waals surface area contributed by atoms with Gasteiger partial charge in [0.25, 0.3) is 0 Å². The minimum absolute atomic E-state index is 0.512. The summed E-state index contributed by atoms with van der Waals surface area (Å²) in [6.07, 6.45) is 8.33. The Bertz CT molecular complexity index is 731. The fourth-order valence-electron chi connectivity index (χ4n) is 4.03. The summed E-state index contributed by atoms with van der Waals surface area (Å²) in [5.41, 5.74) is 17.5. The maximum Gasteiger partial charge on any atom is 0.0633 e. The van der Waals surface area contributed by atoms with E-state index in [4.69, 9.17) is 11.5 Å². The molecule has 4 N–H and O–H groups in total. The molecule has 150 valence electrons. The highest BCUT2D eigenvalue weighted by Gasteiger charge is 2.19. The van der Waals surface area contributed by atoms with Crippen LogP contribution in [0.2, 0.25) is 0 Å². The van der Waals surface area contributed by atoms with E-state index in [1.54, 1.807) is 0 Å².